The lowest BCUT2D eigenvalue weighted by Crippen LogP contribution is -2.52. The monoisotopic (exact) mass is 441 g/mol. The van der Waals surface area contributed by atoms with Crippen LogP contribution in [0.2, 0.25) is 0 Å². The van der Waals surface area contributed by atoms with E-state index in [0.717, 1.165) is 4.90 Å². The number of methoxy groups -OCH3 is 2. The van der Waals surface area contributed by atoms with Gasteiger partial charge in [-0.1, -0.05) is 12.2 Å². The van der Waals surface area contributed by atoms with E-state index in [2.05, 4.69) is 0 Å². The Bertz CT molecular complexity index is 702. The van der Waals surface area contributed by atoms with Crippen LogP contribution in [-0.2, 0) is 23.8 Å². The molecule has 0 aromatic heterocycles. The molecule has 2 aliphatic rings. The lowest BCUT2D eigenvalue weighted by molar-refractivity contribution is -0.144. The summed E-state index contributed by atoms with van der Waals surface area (Å²) in [4.78, 5) is 56.7. The Balaban J connectivity index is 2.27. The third-order valence-electron chi connectivity index (χ3n) is 5.06. The van der Waals surface area contributed by atoms with Gasteiger partial charge in [-0.25, -0.2) is 9.59 Å². The molecule has 2 unspecified atom stereocenters. The van der Waals surface area contributed by atoms with Gasteiger partial charge in [0.15, 0.2) is 12.3 Å². The predicted octanol–water partition coefficient (Wildman–Crippen LogP) is 0.267. The average Bonchev–Trinajstić information content (AvgIpc) is 3.13. The van der Waals surface area contributed by atoms with Gasteiger partial charge in [-0.3, -0.25) is 29.2 Å². The first-order valence-electron chi connectivity index (χ1n) is 9.93. The Morgan fingerprint density at radius 2 is 1.42 bits per heavy atom. The van der Waals surface area contributed by atoms with Gasteiger partial charge in [-0.15, -0.1) is 0 Å². The molecule has 0 aromatic carbocycles. The highest BCUT2D eigenvalue weighted by Crippen LogP contribution is 2.35. The number of urea groups is 2. The maximum Gasteiger partial charge on any atom is 0.326 e. The largest absolute Gasteiger partial charge is 0.381 e. The molecule has 0 N–H and O–H groups in total. The van der Waals surface area contributed by atoms with E-state index in [4.69, 9.17) is 14.2 Å². The predicted molar refractivity (Wildman–Crippen MR) is 108 cm³/mol. The molecule has 0 bridgehead atoms. The Kier molecular flexibility index (Phi) is 8.77. The van der Waals surface area contributed by atoms with Gasteiger partial charge in [0.2, 0.25) is 11.8 Å². The molecule has 2 aliphatic heterocycles. The minimum absolute atomic E-state index is 0.0434. The SMILES string of the molecule is CCN1C(=O)N(COC/C=C/COC)C2C1N(CN(C(C)=O)C(C)=O)C(=O)N2COC. The highest BCUT2D eigenvalue weighted by molar-refractivity contribution is 5.93. The number of hydrogen-bond donors (Lipinski definition) is 0. The van der Waals surface area contributed by atoms with Crippen molar-refractivity contribution in [3.8, 4) is 0 Å². The van der Waals surface area contributed by atoms with Crippen molar-refractivity contribution in [2.45, 2.75) is 33.1 Å². The molecule has 2 rings (SSSR count). The molecule has 2 atom stereocenters. The molecule has 0 aliphatic carbocycles. The lowest BCUT2D eigenvalue weighted by Gasteiger charge is -2.31. The van der Waals surface area contributed by atoms with Crippen LogP contribution in [0.4, 0.5) is 9.59 Å². The second-order valence-electron chi connectivity index (χ2n) is 7.04. The van der Waals surface area contributed by atoms with Crippen molar-refractivity contribution >= 4 is 23.9 Å². The third-order valence-corrected chi connectivity index (χ3v) is 5.06. The highest BCUT2D eigenvalue weighted by Gasteiger charge is 2.59. The van der Waals surface area contributed by atoms with Crippen molar-refractivity contribution < 1.29 is 33.4 Å². The van der Waals surface area contributed by atoms with Gasteiger partial charge in [0.25, 0.3) is 0 Å². The first-order chi connectivity index (χ1) is 14.8. The van der Waals surface area contributed by atoms with Crippen LogP contribution in [0.5, 0.6) is 0 Å². The van der Waals surface area contributed by atoms with Crippen LogP contribution >= 0.6 is 0 Å². The second-order valence-corrected chi connectivity index (χ2v) is 7.04. The number of rotatable bonds is 11. The summed E-state index contributed by atoms with van der Waals surface area (Å²) in [5.74, 6) is -0.977. The highest BCUT2D eigenvalue weighted by atomic mass is 16.5. The molecular weight excluding hydrogens is 410 g/mol. The maximum atomic E-state index is 13.1. The molecule has 12 heteroatoms. The van der Waals surface area contributed by atoms with E-state index in [1.165, 1.54) is 40.6 Å². The molecule has 174 valence electrons. The zero-order valence-electron chi connectivity index (χ0n) is 18.6. The molecule has 2 saturated heterocycles. The average molecular weight is 441 g/mol. The zero-order valence-corrected chi connectivity index (χ0v) is 18.6. The van der Waals surface area contributed by atoms with E-state index in [-0.39, 0.29) is 32.8 Å². The quantitative estimate of drug-likeness (QED) is 0.334. The molecule has 0 saturated carbocycles. The van der Waals surface area contributed by atoms with Crippen LogP contribution in [0.1, 0.15) is 20.8 Å². The smallest absolute Gasteiger partial charge is 0.326 e. The van der Waals surface area contributed by atoms with Gasteiger partial charge in [0.1, 0.15) is 20.1 Å². The van der Waals surface area contributed by atoms with Crippen molar-refractivity contribution in [2.24, 2.45) is 0 Å². The molecule has 0 aromatic rings. The Morgan fingerprint density at radius 3 is 1.97 bits per heavy atom. The fourth-order valence-electron chi connectivity index (χ4n) is 3.66. The summed E-state index contributed by atoms with van der Waals surface area (Å²) in [6, 6.07) is -0.755. The van der Waals surface area contributed by atoms with E-state index in [1.54, 1.807) is 26.2 Å². The number of hydrogen-bond acceptors (Lipinski definition) is 7. The number of carbonyl (C=O) groups is 4. The van der Waals surface area contributed by atoms with Crippen LogP contribution in [0.25, 0.3) is 0 Å². The Morgan fingerprint density at radius 1 is 0.871 bits per heavy atom. The number of amides is 6. The van der Waals surface area contributed by atoms with E-state index in [0.29, 0.717) is 13.2 Å². The van der Waals surface area contributed by atoms with Gasteiger partial charge in [-0.2, -0.15) is 0 Å². The standard InChI is InChI=1S/C19H31N5O7/c1-6-20-16-17(24(18(20)27)13-31-10-8-7-9-29-4)23(12-30-5)19(28)22(16)11-21(14(2)25)15(3)26/h7-8,16-17H,6,9-13H2,1-5H3/b8-7+. The topological polar surface area (TPSA) is 112 Å². The van der Waals surface area contributed by atoms with Crippen LogP contribution in [0, 0.1) is 0 Å². The molecule has 31 heavy (non-hydrogen) atoms. The Labute approximate surface area is 181 Å². The van der Waals surface area contributed by atoms with Crippen molar-refractivity contribution in [2.75, 3.05) is 54.1 Å². The first kappa shape index (κ1) is 24.6. The fraction of sp³-hybridized carbons (Fsp3) is 0.684. The lowest BCUT2D eigenvalue weighted by atomic mass is 10.3. The van der Waals surface area contributed by atoms with Crippen molar-refractivity contribution in [3.63, 3.8) is 0 Å². The van der Waals surface area contributed by atoms with Crippen LogP contribution in [0.3, 0.4) is 0 Å². The van der Waals surface area contributed by atoms with Gasteiger partial charge in [0, 0.05) is 34.6 Å². The van der Waals surface area contributed by atoms with Gasteiger partial charge in [0.05, 0.1) is 13.2 Å². The molecule has 0 spiro atoms. The summed E-state index contributed by atoms with van der Waals surface area (Å²) in [6.07, 6.45) is 2.18. The molecular formula is C19H31N5O7. The van der Waals surface area contributed by atoms with Gasteiger partial charge < -0.3 is 19.1 Å². The maximum absolute atomic E-state index is 13.1. The molecule has 2 heterocycles. The summed E-state index contributed by atoms with van der Waals surface area (Å²) in [6.45, 7) is 4.97. The van der Waals surface area contributed by atoms with Crippen molar-refractivity contribution in [3.05, 3.63) is 12.2 Å². The molecule has 2 fully saturated rings. The minimum atomic E-state index is -0.700. The van der Waals surface area contributed by atoms with Crippen LogP contribution < -0.4 is 0 Å². The van der Waals surface area contributed by atoms with E-state index >= 15 is 0 Å². The van der Waals surface area contributed by atoms with Gasteiger partial charge in [-0.05, 0) is 6.92 Å². The van der Waals surface area contributed by atoms with Crippen molar-refractivity contribution in [1.82, 2.24) is 24.5 Å². The number of ether oxygens (including phenoxy) is 3. The van der Waals surface area contributed by atoms with Crippen LogP contribution in [-0.4, -0.2) is 115 Å². The molecule has 0 radical (unpaired) electrons. The summed E-state index contributed by atoms with van der Waals surface area (Å²) >= 11 is 0. The summed E-state index contributed by atoms with van der Waals surface area (Å²) in [5.41, 5.74) is 0. The van der Waals surface area contributed by atoms with E-state index < -0.39 is 30.2 Å². The fourth-order valence-corrected chi connectivity index (χ4v) is 3.66. The number of carbonyl (C=O) groups excluding carboxylic acids is 4. The van der Waals surface area contributed by atoms with Crippen LogP contribution in [0.15, 0.2) is 12.2 Å². The number of fused-ring (bicyclic) bond motifs is 1. The number of nitrogens with zero attached hydrogens (tertiary/aromatic N) is 5. The van der Waals surface area contributed by atoms with E-state index in [9.17, 15) is 19.2 Å². The number of likely N-dealkylation sites (N-methyl/N-ethyl adjacent to an activating group) is 1. The summed E-state index contributed by atoms with van der Waals surface area (Å²) in [5, 5.41) is 0. The summed E-state index contributed by atoms with van der Waals surface area (Å²) < 4.78 is 15.7. The normalized spacial score (nSPS) is 20.9. The minimum Gasteiger partial charge on any atom is -0.381 e. The first-order valence-corrected chi connectivity index (χ1v) is 9.93. The molecule has 6 amide bonds. The molecule has 12 nitrogen and oxygen atoms in total. The number of imide groups is 1. The van der Waals surface area contributed by atoms with Gasteiger partial charge >= 0.3 is 12.1 Å². The second kappa shape index (κ2) is 11.1. The van der Waals surface area contributed by atoms with Crippen molar-refractivity contribution in [1.29, 1.82) is 0 Å². The Hall–Kier alpha value is -2.70. The zero-order chi connectivity index (χ0) is 23.1. The van der Waals surface area contributed by atoms with E-state index in [1.807, 2.05) is 0 Å². The summed E-state index contributed by atoms with van der Waals surface area (Å²) in [7, 11) is 3.03. The third kappa shape index (κ3) is 5.14.